The van der Waals surface area contributed by atoms with Gasteiger partial charge in [0.25, 0.3) is 0 Å². The van der Waals surface area contributed by atoms with E-state index in [0.717, 1.165) is 12.8 Å². The first-order valence-electron chi connectivity index (χ1n) is 5.82. The summed E-state index contributed by atoms with van der Waals surface area (Å²) >= 11 is 0. The molecule has 86 valence electrons. The van der Waals surface area contributed by atoms with Gasteiger partial charge in [-0.25, -0.2) is 0 Å². The summed E-state index contributed by atoms with van der Waals surface area (Å²) in [5.41, 5.74) is 0. The van der Waals surface area contributed by atoms with Crippen LogP contribution in [0.2, 0.25) is 0 Å². The van der Waals surface area contributed by atoms with E-state index in [4.69, 9.17) is 14.2 Å². The van der Waals surface area contributed by atoms with Gasteiger partial charge >= 0.3 is 0 Å². The molecule has 0 spiro atoms. The standard InChI is InChI=1S/C11H18O4/c1-6-4-8-7(5-9(12)15-8)10(6)11-13-2-3-14-11/h6-12H,2-5H2,1H3/t6-,7+,8+,9-,10+/m1/s1. The van der Waals surface area contributed by atoms with Crippen LogP contribution >= 0.6 is 0 Å². The number of aliphatic hydroxyl groups excluding tert-OH is 1. The van der Waals surface area contributed by atoms with Crippen molar-refractivity contribution in [3.05, 3.63) is 0 Å². The molecule has 4 heteroatoms. The molecule has 0 aromatic heterocycles. The number of aliphatic hydroxyl groups is 1. The maximum atomic E-state index is 9.48. The summed E-state index contributed by atoms with van der Waals surface area (Å²) in [6.45, 7) is 3.63. The van der Waals surface area contributed by atoms with Gasteiger partial charge in [-0.2, -0.15) is 0 Å². The third-order valence-corrected chi connectivity index (χ3v) is 4.00. The zero-order valence-corrected chi connectivity index (χ0v) is 8.96. The van der Waals surface area contributed by atoms with E-state index in [1.807, 2.05) is 0 Å². The van der Waals surface area contributed by atoms with Gasteiger partial charge in [0, 0.05) is 12.3 Å². The Morgan fingerprint density at radius 3 is 2.60 bits per heavy atom. The molecule has 5 atom stereocenters. The van der Waals surface area contributed by atoms with Crippen molar-refractivity contribution in [2.24, 2.45) is 17.8 Å². The van der Waals surface area contributed by atoms with E-state index in [1.165, 1.54) is 0 Å². The predicted octanol–water partition coefficient (Wildman–Crippen LogP) is 0.739. The fourth-order valence-corrected chi connectivity index (χ4v) is 3.39. The van der Waals surface area contributed by atoms with Gasteiger partial charge in [0.2, 0.25) is 0 Å². The van der Waals surface area contributed by atoms with E-state index >= 15 is 0 Å². The summed E-state index contributed by atoms with van der Waals surface area (Å²) in [5, 5.41) is 9.48. The van der Waals surface area contributed by atoms with Gasteiger partial charge < -0.3 is 19.3 Å². The van der Waals surface area contributed by atoms with Crippen molar-refractivity contribution in [1.29, 1.82) is 0 Å². The second-order valence-electron chi connectivity index (χ2n) is 4.93. The Balaban J connectivity index is 1.75. The average molecular weight is 214 g/mol. The number of fused-ring (bicyclic) bond motifs is 1. The highest BCUT2D eigenvalue weighted by atomic mass is 16.7. The lowest BCUT2D eigenvalue weighted by Crippen LogP contribution is -2.30. The zero-order chi connectivity index (χ0) is 10.4. The van der Waals surface area contributed by atoms with Gasteiger partial charge in [0.15, 0.2) is 12.6 Å². The van der Waals surface area contributed by atoms with Crippen LogP contribution in [0.4, 0.5) is 0 Å². The molecular formula is C11H18O4. The molecule has 3 fully saturated rings. The maximum absolute atomic E-state index is 9.48. The van der Waals surface area contributed by atoms with Gasteiger partial charge in [-0.3, -0.25) is 0 Å². The van der Waals surface area contributed by atoms with E-state index in [-0.39, 0.29) is 12.4 Å². The van der Waals surface area contributed by atoms with E-state index in [2.05, 4.69) is 6.92 Å². The quantitative estimate of drug-likeness (QED) is 0.699. The predicted molar refractivity (Wildman–Crippen MR) is 51.9 cm³/mol. The minimum atomic E-state index is -0.573. The third kappa shape index (κ3) is 1.60. The summed E-state index contributed by atoms with van der Waals surface area (Å²) in [4.78, 5) is 0. The second-order valence-corrected chi connectivity index (χ2v) is 4.93. The van der Waals surface area contributed by atoms with Crippen LogP contribution in [0.5, 0.6) is 0 Å². The van der Waals surface area contributed by atoms with Crippen LogP contribution in [0.25, 0.3) is 0 Å². The number of hydrogen-bond acceptors (Lipinski definition) is 4. The summed E-state index contributed by atoms with van der Waals surface area (Å²) in [7, 11) is 0. The second kappa shape index (κ2) is 3.70. The molecule has 1 N–H and O–H groups in total. The van der Waals surface area contributed by atoms with Gasteiger partial charge in [0.1, 0.15) is 0 Å². The molecule has 4 nitrogen and oxygen atoms in total. The first kappa shape index (κ1) is 10.0. The SMILES string of the molecule is C[C@@H]1C[C@@H]2O[C@@H](O)C[C@@H]2[C@H]1C1OCCO1. The van der Waals surface area contributed by atoms with Crippen LogP contribution in [-0.2, 0) is 14.2 Å². The van der Waals surface area contributed by atoms with Crippen LogP contribution in [0, 0.1) is 17.8 Å². The van der Waals surface area contributed by atoms with Crippen molar-refractivity contribution in [3.63, 3.8) is 0 Å². The van der Waals surface area contributed by atoms with Crippen LogP contribution in [0.1, 0.15) is 19.8 Å². The summed E-state index contributed by atoms with van der Waals surface area (Å²) in [6.07, 6.45) is 1.34. The molecule has 0 aromatic carbocycles. The Bertz CT molecular complexity index is 239. The lowest BCUT2D eigenvalue weighted by Gasteiger charge is -2.25. The molecule has 2 saturated heterocycles. The molecular weight excluding hydrogens is 196 g/mol. The van der Waals surface area contributed by atoms with Gasteiger partial charge in [-0.1, -0.05) is 6.92 Å². The first-order chi connectivity index (χ1) is 7.25. The Hall–Kier alpha value is -0.160. The molecule has 0 aromatic rings. The van der Waals surface area contributed by atoms with E-state index < -0.39 is 6.29 Å². The van der Waals surface area contributed by atoms with Crippen molar-refractivity contribution in [1.82, 2.24) is 0 Å². The molecule has 3 rings (SSSR count). The molecule has 0 amide bonds. The van der Waals surface area contributed by atoms with Crippen molar-refractivity contribution in [2.45, 2.75) is 38.4 Å². The fraction of sp³-hybridized carbons (Fsp3) is 1.00. The normalized spacial score (nSPS) is 51.2. The van der Waals surface area contributed by atoms with Gasteiger partial charge in [-0.15, -0.1) is 0 Å². The smallest absolute Gasteiger partial charge is 0.161 e. The van der Waals surface area contributed by atoms with Crippen molar-refractivity contribution in [3.8, 4) is 0 Å². The molecule has 15 heavy (non-hydrogen) atoms. The molecule has 3 aliphatic rings. The van der Waals surface area contributed by atoms with E-state index in [9.17, 15) is 5.11 Å². The molecule has 0 radical (unpaired) electrons. The van der Waals surface area contributed by atoms with Gasteiger partial charge in [-0.05, 0) is 18.3 Å². The minimum absolute atomic E-state index is 0.0658. The monoisotopic (exact) mass is 214 g/mol. The fourth-order valence-electron chi connectivity index (χ4n) is 3.39. The Kier molecular flexibility index (Phi) is 2.47. The highest BCUT2D eigenvalue weighted by Crippen LogP contribution is 2.48. The van der Waals surface area contributed by atoms with Crippen molar-refractivity contribution >= 4 is 0 Å². The Morgan fingerprint density at radius 1 is 1.13 bits per heavy atom. The number of rotatable bonds is 1. The average Bonchev–Trinajstić information content (AvgIpc) is 2.80. The Labute approximate surface area is 89.5 Å². The Morgan fingerprint density at radius 2 is 1.87 bits per heavy atom. The topological polar surface area (TPSA) is 47.9 Å². The first-order valence-corrected chi connectivity index (χ1v) is 5.82. The van der Waals surface area contributed by atoms with Crippen LogP contribution < -0.4 is 0 Å². The van der Waals surface area contributed by atoms with Crippen LogP contribution in [0.3, 0.4) is 0 Å². The van der Waals surface area contributed by atoms with Crippen LogP contribution in [0.15, 0.2) is 0 Å². The largest absolute Gasteiger partial charge is 0.368 e. The van der Waals surface area contributed by atoms with E-state index in [0.29, 0.717) is 31.0 Å². The number of hydrogen-bond donors (Lipinski definition) is 1. The summed E-state index contributed by atoms with van der Waals surface area (Å²) < 4.78 is 16.7. The zero-order valence-electron chi connectivity index (χ0n) is 8.96. The molecule has 0 unspecified atom stereocenters. The highest BCUT2D eigenvalue weighted by molar-refractivity contribution is 4.95. The summed E-state index contributed by atoms with van der Waals surface area (Å²) in [5.74, 6) is 1.38. The van der Waals surface area contributed by atoms with Gasteiger partial charge in [0.05, 0.1) is 19.3 Å². The third-order valence-electron chi connectivity index (χ3n) is 4.00. The lowest BCUT2D eigenvalue weighted by atomic mass is 9.88. The minimum Gasteiger partial charge on any atom is -0.368 e. The molecule has 2 aliphatic heterocycles. The summed E-state index contributed by atoms with van der Waals surface area (Å²) in [6, 6.07) is 0. The maximum Gasteiger partial charge on any atom is 0.161 e. The molecule has 1 saturated carbocycles. The molecule has 0 bridgehead atoms. The highest BCUT2D eigenvalue weighted by Gasteiger charge is 2.51. The lowest BCUT2D eigenvalue weighted by molar-refractivity contribution is -0.105. The molecule has 1 aliphatic carbocycles. The van der Waals surface area contributed by atoms with Crippen LogP contribution in [-0.4, -0.2) is 37.0 Å². The van der Waals surface area contributed by atoms with E-state index in [1.54, 1.807) is 0 Å². The van der Waals surface area contributed by atoms with Crippen molar-refractivity contribution in [2.75, 3.05) is 13.2 Å². The molecule has 2 heterocycles. The number of ether oxygens (including phenoxy) is 3. The van der Waals surface area contributed by atoms with Crippen molar-refractivity contribution < 1.29 is 19.3 Å².